The number of hydrogen-bond acceptors (Lipinski definition) is 2. The van der Waals surface area contributed by atoms with Crippen LogP contribution in [0.25, 0.3) is 0 Å². The Kier molecular flexibility index (Phi) is 5.37. The first-order chi connectivity index (χ1) is 9.22. The monoisotopic (exact) mass is 282 g/mol. The average molecular weight is 283 g/mol. The van der Waals surface area contributed by atoms with Crippen molar-refractivity contribution in [1.29, 1.82) is 0 Å². The summed E-state index contributed by atoms with van der Waals surface area (Å²) in [5, 5.41) is 3.55. The molecule has 0 radical (unpaired) electrons. The molecule has 1 saturated heterocycles. The zero-order valence-electron chi connectivity index (χ0n) is 11.0. The van der Waals surface area contributed by atoms with Crippen molar-refractivity contribution in [2.75, 3.05) is 26.2 Å². The Balaban J connectivity index is 2.19. The van der Waals surface area contributed by atoms with Crippen LogP contribution in [-0.4, -0.2) is 31.1 Å². The van der Waals surface area contributed by atoms with Crippen molar-refractivity contribution in [1.82, 2.24) is 10.2 Å². The summed E-state index contributed by atoms with van der Waals surface area (Å²) in [5.41, 5.74) is 1.09. The summed E-state index contributed by atoms with van der Waals surface area (Å²) in [6.07, 6.45) is 3.87. The third kappa shape index (κ3) is 3.78. The van der Waals surface area contributed by atoms with Crippen LogP contribution >= 0.6 is 11.6 Å². The van der Waals surface area contributed by atoms with Crippen LogP contribution < -0.4 is 5.32 Å². The third-order valence-corrected chi connectivity index (χ3v) is 3.85. The van der Waals surface area contributed by atoms with Crippen molar-refractivity contribution in [3.63, 3.8) is 0 Å². The van der Waals surface area contributed by atoms with Crippen LogP contribution in [0.1, 0.15) is 24.4 Å². The van der Waals surface area contributed by atoms with Crippen LogP contribution in [0.4, 0.5) is 4.39 Å². The maximum Gasteiger partial charge on any atom is 0.141 e. The molecule has 104 valence electrons. The quantitative estimate of drug-likeness (QED) is 0.833. The Bertz CT molecular complexity index is 430. The van der Waals surface area contributed by atoms with Gasteiger partial charge in [0.1, 0.15) is 5.82 Å². The zero-order valence-corrected chi connectivity index (χ0v) is 11.8. The zero-order chi connectivity index (χ0) is 13.7. The van der Waals surface area contributed by atoms with Crippen molar-refractivity contribution < 1.29 is 4.39 Å². The fourth-order valence-corrected chi connectivity index (χ4v) is 2.74. The SMILES string of the molecule is C=CCC[C@@H](c1ccc(F)c(Cl)c1)N1CCNCC1. The van der Waals surface area contributed by atoms with Crippen molar-refractivity contribution in [2.45, 2.75) is 18.9 Å². The van der Waals surface area contributed by atoms with Gasteiger partial charge in [0, 0.05) is 32.2 Å². The van der Waals surface area contributed by atoms with Gasteiger partial charge in [-0.25, -0.2) is 4.39 Å². The Labute approximate surface area is 119 Å². The summed E-state index contributed by atoms with van der Waals surface area (Å²) in [7, 11) is 0. The smallest absolute Gasteiger partial charge is 0.141 e. The largest absolute Gasteiger partial charge is 0.314 e. The molecule has 2 rings (SSSR count). The van der Waals surface area contributed by atoms with Gasteiger partial charge in [-0.05, 0) is 30.5 Å². The van der Waals surface area contributed by atoms with Gasteiger partial charge in [0.2, 0.25) is 0 Å². The van der Waals surface area contributed by atoms with Crippen molar-refractivity contribution >= 4 is 11.6 Å². The molecule has 1 aliphatic heterocycles. The number of nitrogens with zero attached hydrogens (tertiary/aromatic N) is 1. The second-order valence-corrected chi connectivity index (χ2v) is 5.25. The summed E-state index contributed by atoms with van der Waals surface area (Å²) < 4.78 is 13.3. The van der Waals surface area contributed by atoms with Gasteiger partial charge in [0.25, 0.3) is 0 Å². The highest BCUT2D eigenvalue weighted by molar-refractivity contribution is 6.30. The molecule has 1 fully saturated rings. The topological polar surface area (TPSA) is 15.3 Å². The molecule has 1 heterocycles. The van der Waals surface area contributed by atoms with Gasteiger partial charge in [-0.15, -0.1) is 6.58 Å². The molecule has 2 nitrogen and oxygen atoms in total. The standard InChI is InChI=1S/C15H20ClFN2/c1-2-3-4-15(19-9-7-18-8-10-19)12-5-6-14(17)13(16)11-12/h2,5-6,11,15,18H,1,3-4,7-10H2/t15-/m0/s1. The van der Waals surface area contributed by atoms with E-state index in [2.05, 4.69) is 16.8 Å². The summed E-state index contributed by atoms with van der Waals surface area (Å²) in [6, 6.07) is 5.35. The third-order valence-electron chi connectivity index (χ3n) is 3.57. The van der Waals surface area contributed by atoms with Gasteiger partial charge in [0.15, 0.2) is 0 Å². The van der Waals surface area contributed by atoms with Crippen molar-refractivity contribution in [2.24, 2.45) is 0 Å². The summed E-state index contributed by atoms with van der Waals surface area (Å²) in [4.78, 5) is 2.43. The van der Waals surface area contributed by atoms with Gasteiger partial charge in [0.05, 0.1) is 5.02 Å². The Hall–Kier alpha value is -0.900. The number of piperazine rings is 1. The molecule has 0 amide bonds. The highest BCUT2D eigenvalue weighted by Gasteiger charge is 2.22. The molecule has 0 aromatic heterocycles. The van der Waals surface area contributed by atoms with E-state index in [0.717, 1.165) is 44.6 Å². The molecule has 0 spiro atoms. The summed E-state index contributed by atoms with van der Waals surface area (Å²) >= 11 is 5.90. The fourth-order valence-electron chi connectivity index (χ4n) is 2.55. The lowest BCUT2D eigenvalue weighted by atomic mass is 9.99. The molecular weight excluding hydrogens is 263 g/mol. The van der Waals surface area contributed by atoms with Gasteiger partial charge >= 0.3 is 0 Å². The van der Waals surface area contributed by atoms with E-state index >= 15 is 0 Å². The lowest BCUT2D eigenvalue weighted by Crippen LogP contribution is -2.45. The molecule has 1 aromatic rings. The number of nitrogens with one attached hydrogen (secondary N) is 1. The molecule has 0 unspecified atom stereocenters. The van der Waals surface area contributed by atoms with E-state index in [9.17, 15) is 4.39 Å². The molecular formula is C15H20ClFN2. The number of rotatable bonds is 5. The molecule has 0 bridgehead atoms. The minimum Gasteiger partial charge on any atom is -0.314 e. The van der Waals surface area contributed by atoms with E-state index in [-0.39, 0.29) is 16.9 Å². The van der Waals surface area contributed by atoms with Crippen LogP contribution in [0.3, 0.4) is 0 Å². The number of halogens is 2. The highest BCUT2D eigenvalue weighted by atomic mass is 35.5. The van der Waals surface area contributed by atoms with E-state index in [1.165, 1.54) is 6.07 Å². The highest BCUT2D eigenvalue weighted by Crippen LogP contribution is 2.29. The molecule has 4 heteroatoms. The summed E-state index contributed by atoms with van der Waals surface area (Å²) in [5.74, 6) is -0.354. The van der Waals surface area contributed by atoms with Crippen LogP contribution in [0.5, 0.6) is 0 Å². The number of hydrogen-bond donors (Lipinski definition) is 1. The minimum atomic E-state index is -0.354. The first-order valence-electron chi connectivity index (χ1n) is 6.73. The number of benzene rings is 1. The Morgan fingerprint density at radius 1 is 1.42 bits per heavy atom. The first kappa shape index (κ1) is 14.5. The van der Waals surface area contributed by atoms with Crippen LogP contribution in [-0.2, 0) is 0 Å². The average Bonchev–Trinajstić information content (AvgIpc) is 2.44. The molecule has 0 saturated carbocycles. The van der Waals surface area contributed by atoms with E-state index in [4.69, 9.17) is 11.6 Å². The molecule has 1 aliphatic rings. The molecule has 19 heavy (non-hydrogen) atoms. The normalized spacial score (nSPS) is 18.2. The van der Waals surface area contributed by atoms with Crippen LogP contribution in [0, 0.1) is 5.82 Å². The van der Waals surface area contributed by atoms with E-state index < -0.39 is 0 Å². The molecule has 0 aliphatic carbocycles. The lowest BCUT2D eigenvalue weighted by molar-refractivity contribution is 0.166. The fraction of sp³-hybridized carbons (Fsp3) is 0.467. The summed E-state index contributed by atoms with van der Waals surface area (Å²) in [6.45, 7) is 7.81. The van der Waals surface area contributed by atoms with E-state index in [0.29, 0.717) is 0 Å². The maximum atomic E-state index is 13.3. The first-order valence-corrected chi connectivity index (χ1v) is 7.11. The molecule has 1 N–H and O–H groups in total. The minimum absolute atomic E-state index is 0.205. The molecule has 1 aromatic carbocycles. The maximum absolute atomic E-state index is 13.3. The number of allylic oxidation sites excluding steroid dienone is 1. The predicted molar refractivity (Wildman–Crippen MR) is 78.0 cm³/mol. The van der Waals surface area contributed by atoms with Gasteiger partial charge in [-0.1, -0.05) is 23.7 Å². The van der Waals surface area contributed by atoms with Crippen LogP contribution in [0.2, 0.25) is 5.02 Å². The van der Waals surface area contributed by atoms with Gasteiger partial charge in [-0.2, -0.15) is 0 Å². The Morgan fingerprint density at radius 3 is 2.79 bits per heavy atom. The van der Waals surface area contributed by atoms with Gasteiger partial charge < -0.3 is 5.32 Å². The van der Waals surface area contributed by atoms with Crippen molar-refractivity contribution in [3.8, 4) is 0 Å². The van der Waals surface area contributed by atoms with Gasteiger partial charge in [-0.3, -0.25) is 4.90 Å². The second kappa shape index (κ2) is 7.04. The van der Waals surface area contributed by atoms with E-state index in [1.54, 1.807) is 6.07 Å². The van der Waals surface area contributed by atoms with E-state index in [1.807, 2.05) is 12.1 Å². The molecule has 1 atom stereocenters. The Morgan fingerprint density at radius 2 is 2.16 bits per heavy atom. The van der Waals surface area contributed by atoms with Crippen molar-refractivity contribution in [3.05, 3.63) is 47.3 Å². The lowest BCUT2D eigenvalue weighted by Gasteiger charge is -2.35. The second-order valence-electron chi connectivity index (χ2n) is 4.84. The van der Waals surface area contributed by atoms with Crippen LogP contribution in [0.15, 0.2) is 30.9 Å². The predicted octanol–water partition coefficient (Wildman–Crippen LogP) is 3.39.